The quantitative estimate of drug-likeness (QED) is 0.159. The Morgan fingerprint density at radius 1 is 0.976 bits per heavy atom. The van der Waals surface area contributed by atoms with E-state index < -0.39 is 0 Å². The lowest BCUT2D eigenvalue weighted by molar-refractivity contribution is -0.122. The third-order valence-corrected chi connectivity index (χ3v) is 8.29. The molecular weight excluding hydrogens is 636 g/mol. The molecule has 0 radical (unpaired) electrons. The van der Waals surface area contributed by atoms with E-state index in [2.05, 4.69) is 15.9 Å². The number of ether oxygens (including phenoxy) is 3. The van der Waals surface area contributed by atoms with Gasteiger partial charge in [-0.15, -0.1) is 0 Å². The van der Waals surface area contributed by atoms with Crippen LogP contribution >= 0.6 is 39.3 Å². The van der Waals surface area contributed by atoms with Gasteiger partial charge in [0.15, 0.2) is 16.7 Å². The van der Waals surface area contributed by atoms with Crippen LogP contribution in [0.15, 0.2) is 105 Å². The van der Waals surface area contributed by atoms with Crippen LogP contribution in [0.4, 0.5) is 5.69 Å². The SMILES string of the molecule is CCOc1cc(/C=C2\SC(=Nc3ccccc3)N(Cc3ccc(OC)cc3)C2=O)cc(Br)c1OCc1ccccc1Cl. The predicted octanol–water partition coefficient (Wildman–Crippen LogP) is 8.89. The highest BCUT2D eigenvalue weighted by Crippen LogP contribution is 2.40. The van der Waals surface area contributed by atoms with E-state index in [4.69, 9.17) is 30.8 Å². The minimum atomic E-state index is -0.126. The summed E-state index contributed by atoms with van der Waals surface area (Å²) in [6.45, 7) is 3.02. The van der Waals surface area contributed by atoms with Crippen LogP contribution in [-0.4, -0.2) is 29.7 Å². The molecule has 0 atom stereocenters. The number of halogens is 2. The van der Waals surface area contributed by atoms with Crippen molar-refractivity contribution >= 4 is 62.1 Å². The van der Waals surface area contributed by atoms with Crippen LogP contribution in [0.2, 0.25) is 5.02 Å². The number of rotatable bonds is 10. The number of para-hydroxylation sites is 1. The number of amidine groups is 1. The summed E-state index contributed by atoms with van der Waals surface area (Å²) in [4.78, 5) is 20.8. The van der Waals surface area contributed by atoms with E-state index in [0.717, 1.165) is 28.1 Å². The van der Waals surface area contributed by atoms with Crippen molar-refractivity contribution in [3.8, 4) is 17.2 Å². The van der Waals surface area contributed by atoms with Crippen LogP contribution in [0, 0.1) is 0 Å². The molecule has 0 spiro atoms. The first kappa shape index (κ1) is 29.8. The minimum Gasteiger partial charge on any atom is -0.497 e. The van der Waals surface area contributed by atoms with Gasteiger partial charge in [-0.3, -0.25) is 9.69 Å². The molecule has 0 bridgehead atoms. The molecule has 0 N–H and O–H groups in total. The van der Waals surface area contributed by atoms with Crippen molar-refractivity contribution in [2.45, 2.75) is 20.1 Å². The molecule has 1 aliphatic rings. The van der Waals surface area contributed by atoms with Crippen LogP contribution in [0.25, 0.3) is 6.08 Å². The molecule has 1 aliphatic heterocycles. The lowest BCUT2D eigenvalue weighted by Crippen LogP contribution is -2.28. The molecule has 4 aromatic carbocycles. The van der Waals surface area contributed by atoms with Crippen molar-refractivity contribution in [1.82, 2.24) is 4.90 Å². The maximum Gasteiger partial charge on any atom is 0.267 e. The van der Waals surface area contributed by atoms with E-state index in [1.165, 1.54) is 11.8 Å². The molecule has 4 aromatic rings. The molecule has 9 heteroatoms. The number of methoxy groups -OCH3 is 1. The highest BCUT2D eigenvalue weighted by atomic mass is 79.9. The molecule has 6 nitrogen and oxygen atoms in total. The van der Waals surface area contributed by atoms with Crippen molar-refractivity contribution in [2.24, 2.45) is 4.99 Å². The molecule has 1 amide bonds. The number of nitrogens with zero attached hydrogens (tertiary/aromatic N) is 2. The van der Waals surface area contributed by atoms with Crippen LogP contribution in [0.1, 0.15) is 23.6 Å². The monoisotopic (exact) mass is 662 g/mol. The lowest BCUT2D eigenvalue weighted by Gasteiger charge is -2.16. The second kappa shape index (κ2) is 14.0. The van der Waals surface area contributed by atoms with Gasteiger partial charge in [0.1, 0.15) is 12.4 Å². The normalized spacial score (nSPS) is 15.0. The third-order valence-electron chi connectivity index (χ3n) is 6.33. The van der Waals surface area contributed by atoms with E-state index >= 15 is 0 Å². The van der Waals surface area contributed by atoms with Gasteiger partial charge in [-0.25, -0.2) is 4.99 Å². The lowest BCUT2D eigenvalue weighted by atomic mass is 10.1. The van der Waals surface area contributed by atoms with E-state index in [9.17, 15) is 4.79 Å². The summed E-state index contributed by atoms with van der Waals surface area (Å²) < 4.78 is 18.1. The van der Waals surface area contributed by atoms with Gasteiger partial charge in [-0.1, -0.05) is 60.1 Å². The molecular formula is C33H28BrClN2O4S. The van der Waals surface area contributed by atoms with Crippen molar-refractivity contribution in [2.75, 3.05) is 13.7 Å². The van der Waals surface area contributed by atoms with Gasteiger partial charge in [-0.2, -0.15) is 0 Å². The Balaban J connectivity index is 1.45. The van der Waals surface area contributed by atoms with Gasteiger partial charge in [0.25, 0.3) is 5.91 Å². The van der Waals surface area contributed by atoms with Crippen LogP contribution in [0.3, 0.4) is 0 Å². The maximum atomic E-state index is 13.7. The maximum absolute atomic E-state index is 13.7. The van der Waals surface area contributed by atoms with Gasteiger partial charge in [0.2, 0.25) is 0 Å². The van der Waals surface area contributed by atoms with Gasteiger partial charge in [-0.05, 0) is 94.3 Å². The first-order chi connectivity index (χ1) is 20.4. The summed E-state index contributed by atoms with van der Waals surface area (Å²) in [6.07, 6.45) is 1.85. The van der Waals surface area contributed by atoms with E-state index in [0.29, 0.717) is 44.2 Å². The van der Waals surface area contributed by atoms with Crippen molar-refractivity contribution in [3.05, 3.63) is 122 Å². The fourth-order valence-electron chi connectivity index (χ4n) is 4.25. The number of thioether (sulfide) groups is 1. The van der Waals surface area contributed by atoms with E-state index in [-0.39, 0.29) is 12.5 Å². The predicted molar refractivity (Wildman–Crippen MR) is 174 cm³/mol. The topological polar surface area (TPSA) is 60.4 Å². The fraction of sp³-hybridized carbons (Fsp3) is 0.152. The molecule has 42 heavy (non-hydrogen) atoms. The molecule has 1 fully saturated rings. The first-order valence-electron chi connectivity index (χ1n) is 13.3. The molecule has 0 aliphatic carbocycles. The zero-order valence-electron chi connectivity index (χ0n) is 23.1. The number of aliphatic imine (C=N–C) groups is 1. The Bertz CT molecular complexity index is 1630. The first-order valence-corrected chi connectivity index (χ1v) is 15.2. The van der Waals surface area contributed by atoms with E-state index in [1.807, 2.05) is 104 Å². The fourth-order valence-corrected chi connectivity index (χ4v) is 6.01. The average Bonchev–Trinajstić information content (AvgIpc) is 3.27. The van der Waals surface area contributed by atoms with Crippen molar-refractivity contribution in [3.63, 3.8) is 0 Å². The number of carbonyl (C=O) groups is 1. The molecule has 0 saturated carbocycles. The zero-order chi connectivity index (χ0) is 29.5. The summed E-state index contributed by atoms with van der Waals surface area (Å²) in [7, 11) is 1.63. The van der Waals surface area contributed by atoms with Gasteiger partial charge in [0.05, 0.1) is 35.3 Å². The third kappa shape index (κ3) is 7.18. The molecule has 1 heterocycles. The summed E-state index contributed by atoms with van der Waals surface area (Å²) in [6, 6.07) is 28.6. The number of hydrogen-bond acceptors (Lipinski definition) is 6. The highest BCUT2D eigenvalue weighted by molar-refractivity contribution is 9.10. The highest BCUT2D eigenvalue weighted by Gasteiger charge is 2.33. The largest absolute Gasteiger partial charge is 0.497 e. The van der Waals surface area contributed by atoms with Crippen LogP contribution in [0.5, 0.6) is 17.2 Å². The standard InChI is InChI=1S/C33H28BrClN2O4S/c1-3-40-29-18-23(17-27(34)31(29)41-21-24-9-7-8-12-28(24)35)19-30-32(38)37(20-22-13-15-26(39-2)16-14-22)33(42-30)36-25-10-5-4-6-11-25/h4-19H,3,20-21H2,1-2H3/b30-19-,36-33?. The summed E-state index contributed by atoms with van der Waals surface area (Å²) in [5.41, 5.74) is 3.40. The Labute approximate surface area is 263 Å². The molecule has 0 aromatic heterocycles. The Morgan fingerprint density at radius 2 is 1.71 bits per heavy atom. The number of amides is 1. The van der Waals surface area contributed by atoms with Crippen molar-refractivity contribution in [1.29, 1.82) is 0 Å². The van der Waals surface area contributed by atoms with Gasteiger partial charge < -0.3 is 14.2 Å². The number of hydrogen-bond donors (Lipinski definition) is 0. The molecule has 1 saturated heterocycles. The van der Waals surface area contributed by atoms with Gasteiger partial charge >= 0.3 is 0 Å². The number of carbonyl (C=O) groups excluding carboxylic acids is 1. The Morgan fingerprint density at radius 3 is 2.43 bits per heavy atom. The van der Waals surface area contributed by atoms with Crippen LogP contribution < -0.4 is 14.2 Å². The van der Waals surface area contributed by atoms with E-state index in [1.54, 1.807) is 12.0 Å². The van der Waals surface area contributed by atoms with Crippen molar-refractivity contribution < 1.29 is 19.0 Å². The van der Waals surface area contributed by atoms with Gasteiger partial charge in [0, 0.05) is 10.6 Å². The second-order valence-electron chi connectivity index (χ2n) is 9.22. The zero-order valence-corrected chi connectivity index (χ0v) is 26.2. The Hall–Kier alpha value is -3.72. The second-order valence-corrected chi connectivity index (χ2v) is 11.5. The van der Waals surface area contributed by atoms with Crippen LogP contribution in [-0.2, 0) is 17.9 Å². The Kier molecular flexibility index (Phi) is 9.89. The summed E-state index contributed by atoms with van der Waals surface area (Å²) in [5, 5.41) is 1.24. The smallest absolute Gasteiger partial charge is 0.267 e. The molecule has 5 rings (SSSR count). The minimum absolute atomic E-state index is 0.126. The average molecular weight is 664 g/mol. The summed E-state index contributed by atoms with van der Waals surface area (Å²) in [5.74, 6) is 1.76. The molecule has 214 valence electrons. The number of benzene rings is 4. The summed E-state index contributed by atoms with van der Waals surface area (Å²) >= 11 is 11.3. The molecule has 0 unspecified atom stereocenters.